The topological polar surface area (TPSA) is 58.0 Å². The van der Waals surface area contributed by atoms with Gasteiger partial charge < -0.3 is 14.8 Å². The van der Waals surface area contributed by atoms with Crippen LogP contribution in [-0.2, 0) is 0 Å². The fourth-order valence-corrected chi connectivity index (χ4v) is 2.73. The largest absolute Gasteiger partial charge is 0.437 e. The molecular formula is C16H15ClFN3O2. The van der Waals surface area contributed by atoms with E-state index in [1.54, 1.807) is 18.3 Å². The summed E-state index contributed by atoms with van der Waals surface area (Å²) in [6.07, 6.45) is 3.65. The Labute approximate surface area is 138 Å². The molecule has 0 unspecified atom stereocenters. The number of ether oxygens (including phenoxy) is 1. The smallest absolute Gasteiger partial charge is 0.230 e. The quantitative estimate of drug-likeness (QED) is 0.400. The Hall–Kier alpha value is -2.34. The van der Waals surface area contributed by atoms with Gasteiger partial charge in [-0.15, -0.1) is 0 Å². The Kier molecular flexibility index (Phi) is 4.62. The molecule has 1 N–H and O–H groups in total. The van der Waals surface area contributed by atoms with Gasteiger partial charge in [0, 0.05) is 19.3 Å². The molecule has 0 atom stereocenters. The van der Waals surface area contributed by atoms with Crippen molar-refractivity contribution in [3.8, 4) is 11.6 Å². The van der Waals surface area contributed by atoms with Crippen LogP contribution in [0.25, 0.3) is 0 Å². The highest BCUT2D eigenvalue weighted by molar-refractivity contribution is 6.32. The number of likely N-dealkylation sites (tertiary alicyclic amines) is 1. The summed E-state index contributed by atoms with van der Waals surface area (Å²) in [4.78, 5) is 6.15. The molecule has 0 saturated carbocycles. The second kappa shape index (κ2) is 6.83. The van der Waals surface area contributed by atoms with Gasteiger partial charge >= 0.3 is 0 Å². The molecule has 0 bridgehead atoms. The minimum absolute atomic E-state index is 0.144. The molecule has 5 nitrogen and oxygen atoms in total. The van der Waals surface area contributed by atoms with E-state index in [9.17, 15) is 9.60 Å². The summed E-state index contributed by atoms with van der Waals surface area (Å²) < 4.78 is 18.8. The fraction of sp³-hybridized carbons (Fsp3) is 0.250. The molecule has 120 valence electrons. The van der Waals surface area contributed by atoms with Crippen LogP contribution in [0.2, 0.25) is 5.02 Å². The number of oxime groups is 1. The van der Waals surface area contributed by atoms with E-state index in [1.165, 1.54) is 18.2 Å². The first-order valence-electron chi connectivity index (χ1n) is 7.24. The lowest BCUT2D eigenvalue weighted by atomic mass is 10.2. The molecule has 1 aliphatic rings. The van der Waals surface area contributed by atoms with Gasteiger partial charge in [0.2, 0.25) is 5.88 Å². The molecule has 0 amide bonds. The standard InChI is InChI=1S/C16H15ClFN3O2/c17-13-10-11(18)5-6-14(13)23-16-12(4-3-7-19-16)15(20-22)21-8-1-2-9-21/h3-7,10,22H,1-2,8-9H2/b20-15-. The predicted octanol–water partition coefficient (Wildman–Crippen LogP) is 3.90. The zero-order chi connectivity index (χ0) is 16.2. The highest BCUT2D eigenvalue weighted by Gasteiger charge is 2.22. The molecule has 23 heavy (non-hydrogen) atoms. The van der Waals surface area contributed by atoms with Gasteiger partial charge in [-0.3, -0.25) is 0 Å². The van der Waals surface area contributed by atoms with Crippen molar-refractivity contribution in [2.45, 2.75) is 12.8 Å². The summed E-state index contributed by atoms with van der Waals surface area (Å²) in [5.41, 5.74) is 0.553. The zero-order valence-corrected chi connectivity index (χ0v) is 13.0. The van der Waals surface area contributed by atoms with Gasteiger partial charge in [0.15, 0.2) is 5.84 Å². The van der Waals surface area contributed by atoms with Crippen LogP contribution in [0.1, 0.15) is 18.4 Å². The normalized spacial score (nSPS) is 15.0. The number of halogens is 2. The molecule has 2 aromatic rings. The molecule has 2 heterocycles. The van der Waals surface area contributed by atoms with E-state index in [4.69, 9.17) is 16.3 Å². The first-order chi connectivity index (χ1) is 11.2. The van der Waals surface area contributed by atoms with Gasteiger partial charge in [-0.25, -0.2) is 9.37 Å². The summed E-state index contributed by atoms with van der Waals surface area (Å²) in [6, 6.07) is 7.34. The van der Waals surface area contributed by atoms with E-state index in [0.717, 1.165) is 25.9 Å². The highest BCUT2D eigenvalue weighted by Crippen LogP contribution is 2.31. The SMILES string of the molecule is O/N=C(/c1cccnc1Oc1ccc(F)cc1Cl)N1CCCC1. The maximum absolute atomic E-state index is 13.1. The second-order valence-corrected chi connectivity index (χ2v) is 5.56. The summed E-state index contributed by atoms with van der Waals surface area (Å²) in [7, 11) is 0. The summed E-state index contributed by atoms with van der Waals surface area (Å²) in [6.45, 7) is 1.62. The number of aromatic nitrogens is 1. The number of hydrogen-bond donors (Lipinski definition) is 1. The van der Waals surface area contributed by atoms with Gasteiger partial charge in [-0.2, -0.15) is 0 Å². The molecule has 1 aromatic heterocycles. The Balaban J connectivity index is 1.94. The Morgan fingerprint density at radius 3 is 2.78 bits per heavy atom. The van der Waals surface area contributed by atoms with E-state index in [2.05, 4.69) is 10.1 Å². The number of nitrogens with zero attached hydrogens (tertiary/aromatic N) is 3. The lowest BCUT2D eigenvalue weighted by Gasteiger charge is -2.20. The van der Waals surface area contributed by atoms with Crippen LogP contribution in [0.3, 0.4) is 0 Å². The van der Waals surface area contributed by atoms with Crippen molar-refractivity contribution in [2.24, 2.45) is 5.16 Å². The highest BCUT2D eigenvalue weighted by atomic mass is 35.5. The lowest BCUT2D eigenvalue weighted by Crippen LogP contribution is -2.29. The van der Waals surface area contributed by atoms with E-state index in [-0.39, 0.29) is 16.7 Å². The second-order valence-electron chi connectivity index (χ2n) is 5.15. The van der Waals surface area contributed by atoms with E-state index < -0.39 is 5.82 Å². The van der Waals surface area contributed by atoms with Gasteiger partial charge in [0.25, 0.3) is 0 Å². The average molecular weight is 336 g/mol. The van der Waals surface area contributed by atoms with Crippen LogP contribution >= 0.6 is 11.6 Å². The van der Waals surface area contributed by atoms with E-state index >= 15 is 0 Å². The van der Waals surface area contributed by atoms with Crippen molar-refractivity contribution in [1.82, 2.24) is 9.88 Å². The third-order valence-corrected chi connectivity index (χ3v) is 3.91. The molecule has 0 spiro atoms. The van der Waals surface area contributed by atoms with Crippen LogP contribution in [0.5, 0.6) is 11.6 Å². The Morgan fingerprint density at radius 2 is 2.09 bits per heavy atom. The molecular weight excluding hydrogens is 321 g/mol. The molecule has 1 saturated heterocycles. The van der Waals surface area contributed by atoms with Crippen LogP contribution in [0.4, 0.5) is 4.39 Å². The number of amidine groups is 1. The molecule has 1 aliphatic heterocycles. The summed E-state index contributed by atoms with van der Waals surface area (Å²) in [5.74, 6) is 0.495. The number of hydrogen-bond acceptors (Lipinski definition) is 4. The number of benzene rings is 1. The average Bonchev–Trinajstić information content (AvgIpc) is 3.06. The molecule has 3 rings (SSSR count). The van der Waals surface area contributed by atoms with Crippen LogP contribution in [0, 0.1) is 5.82 Å². The number of pyridine rings is 1. The van der Waals surface area contributed by atoms with Gasteiger partial charge in [0.1, 0.15) is 11.6 Å². The van der Waals surface area contributed by atoms with Crippen molar-refractivity contribution in [2.75, 3.05) is 13.1 Å². The molecule has 0 aliphatic carbocycles. The molecule has 1 fully saturated rings. The Morgan fingerprint density at radius 1 is 1.30 bits per heavy atom. The van der Waals surface area contributed by atoms with Crippen molar-refractivity contribution in [1.29, 1.82) is 0 Å². The fourth-order valence-electron chi connectivity index (χ4n) is 2.52. The van der Waals surface area contributed by atoms with Crippen molar-refractivity contribution in [3.63, 3.8) is 0 Å². The zero-order valence-electron chi connectivity index (χ0n) is 12.2. The predicted molar refractivity (Wildman–Crippen MR) is 84.9 cm³/mol. The molecule has 7 heteroatoms. The van der Waals surface area contributed by atoms with Gasteiger partial charge in [-0.1, -0.05) is 16.8 Å². The van der Waals surface area contributed by atoms with Crippen molar-refractivity contribution in [3.05, 3.63) is 52.9 Å². The lowest BCUT2D eigenvalue weighted by molar-refractivity contribution is 0.306. The molecule has 1 aromatic carbocycles. The van der Waals surface area contributed by atoms with Crippen LogP contribution in [0.15, 0.2) is 41.7 Å². The maximum atomic E-state index is 13.1. The van der Waals surface area contributed by atoms with Crippen molar-refractivity contribution < 1.29 is 14.3 Å². The van der Waals surface area contributed by atoms with Crippen LogP contribution < -0.4 is 4.74 Å². The third-order valence-electron chi connectivity index (χ3n) is 3.61. The van der Waals surface area contributed by atoms with E-state index in [1.807, 2.05) is 4.90 Å². The van der Waals surface area contributed by atoms with Gasteiger partial charge in [-0.05, 0) is 43.2 Å². The monoisotopic (exact) mass is 335 g/mol. The summed E-state index contributed by atoms with van der Waals surface area (Å²) >= 11 is 5.99. The van der Waals surface area contributed by atoms with Gasteiger partial charge in [0.05, 0.1) is 10.6 Å². The van der Waals surface area contributed by atoms with E-state index in [0.29, 0.717) is 11.4 Å². The first-order valence-corrected chi connectivity index (χ1v) is 7.62. The van der Waals surface area contributed by atoms with Crippen molar-refractivity contribution >= 4 is 17.4 Å². The third kappa shape index (κ3) is 3.37. The minimum Gasteiger partial charge on any atom is -0.437 e. The maximum Gasteiger partial charge on any atom is 0.230 e. The summed E-state index contributed by atoms with van der Waals surface area (Å²) in [5, 5.41) is 13.0. The van der Waals surface area contributed by atoms with Crippen LogP contribution in [-0.4, -0.2) is 34.0 Å². The molecule has 0 radical (unpaired) electrons. The first kappa shape index (κ1) is 15.6. The minimum atomic E-state index is -0.446. The number of rotatable bonds is 3. The Bertz CT molecular complexity index is 733.